The number of nitrogens with one attached hydrogen (secondary N) is 1. The van der Waals surface area contributed by atoms with E-state index in [2.05, 4.69) is 21.3 Å². The van der Waals surface area contributed by atoms with Crippen LogP contribution in [0, 0.1) is 0 Å². The predicted octanol–water partition coefficient (Wildman–Crippen LogP) is 1.74. The molecule has 2 aliphatic rings. The molecule has 178 valence electrons. The van der Waals surface area contributed by atoms with Gasteiger partial charge in [0.1, 0.15) is 5.75 Å². The molecule has 1 saturated heterocycles. The van der Waals surface area contributed by atoms with Crippen molar-refractivity contribution in [3.05, 3.63) is 58.7 Å². The van der Waals surface area contributed by atoms with Crippen molar-refractivity contribution in [3.8, 4) is 5.75 Å². The molecule has 2 aromatic carbocycles. The Morgan fingerprint density at radius 1 is 1.06 bits per heavy atom. The average Bonchev–Trinajstić information content (AvgIpc) is 2.82. The molecule has 4 rings (SSSR count). The van der Waals surface area contributed by atoms with E-state index in [1.54, 1.807) is 30.3 Å². The van der Waals surface area contributed by atoms with Crippen LogP contribution in [0.1, 0.15) is 38.8 Å². The minimum absolute atomic E-state index is 0.0859. The number of ketones is 2. The van der Waals surface area contributed by atoms with Crippen LogP contribution in [0.3, 0.4) is 0 Å². The van der Waals surface area contributed by atoms with Gasteiger partial charge in [0.2, 0.25) is 0 Å². The van der Waals surface area contributed by atoms with Crippen molar-refractivity contribution in [2.75, 3.05) is 45.3 Å². The molecule has 33 heavy (non-hydrogen) atoms. The third-order valence-corrected chi connectivity index (χ3v) is 5.94. The van der Waals surface area contributed by atoms with Crippen molar-refractivity contribution in [2.24, 2.45) is 0 Å². The average molecular weight is 479 g/mol. The maximum atomic E-state index is 13.0. The van der Waals surface area contributed by atoms with Gasteiger partial charge in [0, 0.05) is 42.5 Å². The van der Waals surface area contributed by atoms with E-state index in [0.29, 0.717) is 23.4 Å². The van der Waals surface area contributed by atoms with Gasteiger partial charge in [-0.25, -0.2) is 0 Å². The van der Waals surface area contributed by atoms with Gasteiger partial charge in [0.25, 0.3) is 0 Å². The Kier molecular flexibility index (Phi) is 7.82. The highest BCUT2D eigenvalue weighted by molar-refractivity contribution is 7.80. The summed E-state index contributed by atoms with van der Waals surface area (Å²) >= 11 is 0. The second kappa shape index (κ2) is 10.4. The minimum atomic E-state index is -4.16. The molecule has 0 radical (unpaired) electrons. The lowest BCUT2D eigenvalue weighted by Gasteiger charge is -2.32. The number of benzene rings is 2. The quantitative estimate of drug-likeness (QED) is 0.366. The fourth-order valence-electron chi connectivity index (χ4n) is 3.76. The molecule has 11 heteroatoms. The summed E-state index contributed by atoms with van der Waals surface area (Å²) in [6.07, 6.45) is 0. The molecule has 0 saturated carbocycles. The molecule has 3 N–H and O–H groups in total. The number of morpholine rings is 1. The molecule has 1 fully saturated rings. The number of nitrogens with zero attached hydrogens (tertiary/aromatic N) is 1. The number of phenolic OH excluding ortho intramolecular Hbond substituents is 1. The molecule has 2 aromatic rings. The van der Waals surface area contributed by atoms with Crippen LogP contribution in [0.2, 0.25) is 0 Å². The zero-order valence-corrected chi connectivity index (χ0v) is 19.1. The minimum Gasteiger partial charge on any atom is -0.507 e. The van der Waals surface area contributed by atoms with Crippen LogP contribution in [-0.4, -0.2) is 80.5 Å². The van der Waals surface area contributed by atoms with E-state index in [1.165, 1.54) is 6.07 Å². The number of rotatable bonds is 5. The monoisotopic (exact) mass is 478 g/mol. The van der Waals surface area contributed by atoms with Gasteiger partial charge in [-0.05, 0) is 19.1 Å². The lowest BCUT2D eigenvalue weighted by molar-refractivity contribution is 0.0227. The smallest absolute Gasteiger partial charge is 0.397 e. The maximum Gasteiger partial charge on any atom is 0.397 e. The summed E-state index contributed by atoms with van der Waals surface area (Å²) in [6, 6.07) is 10.1. The Morgan fingerprint density at radius 3 is 2.15 bits per heavy atom. The highest BCUT2D eigenvalue weighted by Gasteiger charge is 2.34. The first kappa shape index (κ1) is 24.8. The number of fused-ring (bicyclic) bond motifs is 2. The molecular formula is C22H26N2O8S. The topological polar surface area (TPSA) is 142 Å². The highest BCUT2D eigenvalue weighted by Crippen LogP contribution is 2.36. The Labute approximate surface area is 192 Å². The van der Waals surface area contributed by atoms with Crippen LogP contribution in [0.5, 0.6) is 5.75 Å². The Hall–Kier alpha value is -2.83. The van der Waals surface area contributed by atoms with Crippen LogP contribution < -0.4 is 5.32 Å². The highest BCUT2D eigenvalue weighted by atomic mass is 32.3. The lowest BCUT2D eigenvalue weighted by atomic mass is 9.82. The van der Waals surface area contributed by atoms with E-state index in [1.807, 2.05) is 0 Å². The number of hydrogen-bond donors (Lipinski definition) is 3. The Morgan fingerprint density at radius 2 is 1.61 bits per heavy atom. The first-order valence-electron chi connectivity index (χ1n) is 10.3. The van der Waals surface area contributed by atoms with Crippen LogP contribution >= 0.6 is 0 Å². The number of aromatic hydroxyl groups is 1. The molecule has 1 heterocycles. The van der Waals surface area contributed by atoms with E-state index >= 15 is 0 Å². The SMILES string of the molecule is CC(CNc1ccc(O)c2c1C(=O)c1ccccc1C2=O)N1CCOCC1.COS(=O)(=O)O. The second-order valence-corrected chi connectivity index (χ2v) is 8.75. The van der Waals surface area contributed by atoms with Gasteiger partial charge in [-0.3, -0.25) is 23.2 Å². The molecule has 1 aliphatic carbocycles. The molecule has 0 spiro atoms. The summed E-state index contributed by atoms with van der Waals surface area (Å²) in [5, 5.41) is 13.6. The molecule has 0 bridgehead atoms. The van der Waals surface area contributed by atoms with E-state index in [9.17, 15) is 23.1 Å². The number of hydrogen-bond acceptors (Lipinski definition) is 9. The van der Waals surface area contributed by atoms with E-state index in [-0.39, 0.29) is 34.5 Å². The first-order valence-corrected chi connectivity index (χ1v) is 11.6. The summed E-state index contributed by atoms with van der Waals surface area (Å²) in [4.78, 5) is 28.2. The first-order chi connectivity index (χ1) is 15.6. The number of carbonyl (C=O) groups excluding carboxylic acids is 2. The number of carbonyl (C=O) groups is 2. The molecule has 1 unspecified atom stereocenters. The normalized spacial score (nSPS) is 16.8. The standard InChI is InChI=1S/C21H22N2O4.CH4O4S/c1-13(23-8-10-27-11-9-23)12-22-16-6-7-17(24)19-18(16)20(25)14-4-2-3-5-15(14)21(19)26;1-5-6(2,3)4/h2-7,13,22,24H,8-12H2,1H3;1H3,(H,2,3,4). The van der Waals surface area contributed by atoms with Gasteiger partial charge in [0.05, 0.1) is 31.5 Å². The maximum absolute atomic E-state index is 13.0. The zero-order valence-electron chi connectivity index (χ0n) is 18.3. The zero-order chi connectivity index (χ0) is 24.2. The second-order valence-electron chi connectivity index (χ2n) is 7.56. The molecule has 1 aliphatic heterocycles. The van der Waals surface area contributed by atoms with Crippen LogP contribution in [0.25, 0.3) is 0 Å². The molecule has 10 nitrogen and oxygen atoms in total. The molecule has 0 amide bonds. The Balaban J connectivity index is 0.000000454. The van der Waals surface area contributed by atoms with Crippen molar-refractivity contribution in [2.45, 2.75) is 13.0 Å². The molecule has 0 aromatic heterocycles. The van der Waals surface area contributed by atoms with Crippen LogP contribution in [0.15, 0.2) is 36.4 Å². The van der Waals surface area contributed by atoms with Crippen molar-refractivity contribution < 1.29 is 36.6 Å². The van der Waals surface area contributed by atoms with Gasteiger partial charge in [-0.2, -0.15) is 8.42 Å². The van der Waals surface area contributed by atoms with Gasteiger partial charge in [0.15, 0.2) is 11.6 Å². The fourth-order valence-corrected chi connectivity index (χ4v) is 3.76. The number of ether oxygens (including phenoxy) is 1. The van der Waals surface area contributed by atoms with Gasteiger partial charge >= 0.3 is 10.4 Å². The van der Waals surface area contributed by atoms with E-state index in [0.717, 1.165) is 33.4 Å². The fraction of sp³-hybridized carbons (Fsp3) is 0.364. The van der Waals surface area contributed by atoms with Gasteiger partial charge in [-0.1, -0.05) is 24.3 Å². The van der Waals surface area contributed by atoms with Crippen molar-refractivity contribution in [3.63, 3.8) is 0 Å². The summed E-state index contributed by atoms with van der Waals surface area (Å²) in [6.45, 7) is 5.95. The van der Waals surface area contributed by atoms with Gasteiger partial charge < -0.3 is 15.2 Å². The summed E-state index contributed by atoms with van der Waals surface area (Å²) in [7, 11) is -3.29. The largest absolute Gasteiger partial charge is 0.507 e. The predicted molar refractivity (Wildman–Crippen MR) is 120 cm³/mol. The third-order valence-electron chi connectivity index (χ3n) is 5.52. The van der Waals surface area contributed by atoms with E-state index in [4.69, 9.17) is 9.29 Å². The molecule has 1 atom stereocenters. The van der Waals surface area contributed by atoms with Crippen molar-refractivity contribution in [1.82, 2.24) is 4.90 Å². The molecular weight excluding hydrogens is 452 g/mol. The van der Waals surface area contributed by atoms with Crippen molar-refractivity contribution in [1.29, 1.82) is 0 Å². The van der Waals surface area contributed by atoms with Crippen molar-refractivity contribution >= 4 is 27.7 Å². The van der Waals surface area contributed by atoms with E-state index < -0.39 is 10.4 Å². The number of anilines is 1. The third kappa shape index (κ3) is 5.75. The Bertz CT molecular complexity index is 1140. The van der Waals surface area contributed by atoms with Gasteiger partial charge in [-0.15, -0.1) is 0 Å². The summed E-state index contributed by atoms with van der Waals surface area (Å²) in [5.74, 6) is -0.718. The summed E-state index contributed by atoms with van der Waals surface area (Å²) < 4.78 is 35.1. The van der Waals surface area contributed by atoms with Crippen LogP contribution in [0.4, 0.5) is 5.69 Å². The number of phenols is 1. The lowest BCUT2D eigenvalue weighted by Crippen LogP contribution is -2.45. The summed E-state index contributed by atoms with van der Waals surface area (Å²) in [5.41, 5.74) is 1.64. The van der Waals surface area contributed by atoms with Crippen LogP contribution in [-0.2, 0) is 19.3 Å².